The first-order valence-electron chi connectivity index (χ1n) is 5.85. The van der Waals surface area contributed by atoms with Gasteiger partial charge < -0.3 is 10.6 Å². The monoisotopic (exact) mass is 297 g/mol. The molecule has 2 rings (SSSR count). The molecule has 19 heavy (non-hydrogen) atoms. The Morgan fingerprint density at radius 2 is 1.95 bits per heavy atom. The lowest BCUT2D eigenvalue weighted by atomic mass is 10.3. The van der Waals surface area contributed by atoms with Crippen molar-refractivity contribution in [2.45, 2.75) is 13.3 Å². The van der Waals surface area contributed by atoms with Crippen LogP contribution in [0.2, 0.25) is 10.0 Å². The average Bonchev–Trinajstić information content (AvgIpc) is 2.41. The fraction of sp³-hybridized carbons (Fsp3) is 0.250. The molecule has 0 aliphatic rings. The summed E-state index contributed by atoms with van der Waals surface area (Å²) in [6.45, 7) is 2.90. The molecule has 0 atom stereocenters. The number of anilines is 3. The number of rotatable bonds is 5. The minimum absolute atomic E-state index is 0.344. The van der Waals surface area contributed by atoms with E-state index in [4.69, 9.17) is 23.2 Å². The molecule has 0 fully saturated rings. The van der Waals surface area contributed by atoms with E-state index in [0.29, 0.717) is 27.5 Å². The zero-order chi connectivity index (χ0) is 13.7. The maximum absolute atomic E-state index is 6.06. The largest absolute Gasteiger partial charge is 0.369 e. The quantitative estimate of drug-likeness (QED) is 0.880. The molecule has 2 N–H and O–H groups in total. The third-order valence-corrected chi connectivity index (χ3v) is 2.94. The van der Waals surface area contributed by atoms with E-state index in [-0.39, 0.29) is 0 Å². The first kappa shape index (κ1) is 13.8. The van der Waals surface area contributed by atoms with Gasteiger partial charge in [-0.3, -0.25) is 0 Å². The van der Waals surface area contributed by atoms with Crippen LogP contribution in [-0.2, 0) is 0 Å². The van der Waals surface area contributed by atoms with Crippen LogP contribution in [0.5, 0.6) is 0 Å². The molecule has 0 bridgehead atoms. The van der Waals surface area contributed by atoms with Crippen LogP contribution in [0.15, 0.2) is 24.4 Å². The first-order valence-corrected chi connectivity index (χ1v) is 6.61. The summed E-state index contributed by atoms with van der Waals surface area (Å²) in [6, 6.07) is 5.25. The van der Waals surface area contributed by atoms with Gasteiger partial charge in [-0.1, -0.05) is 36.2 Å². The number of para-hydroxylation sites is 1. The zero-order valence-electron chi connectivity index (χ0n) is 10.3. The Morgan fingerprint density at radius 1 is 1.21 bits per heavy atom. The summed E-state index contributed by atoms with van der Waals surface area (Å²) in [4.78, 5) is 4.27. The maximum atomic E-state index is 6.06. The molecular weight excluding hydrogens is 285 g/mol. The number of hydrogen-bond acceptors (Lipinski definition) is 5. The van der Waals surface area contributed by atoms with Gasteiger partial charge in [0, 0.05) is 6.54 Å². The number of hydrogen-bond donors (Lipinski definition) is 2. The van der Waals surface area contributed by atoms with Crippen molar-refractivity contribution in [2.75, 3.05) is 17.2 Å². The van der Waals surface area contributed by atoms with Gasteiger partial charge in [-0.25, -0.2) is 0 Å². The molecule has 0 saturated carbocycles. The van der Waals surface area contributed by atoms with E-state index in [9.17, 15) is 0 Å². The molecule has 100 valence electrons. The number of halogens is 2. The minimum Gasteiger partial charge on any atom is -0.369 e. The van der Waals surface area contributed by atoms with Crippen molar-refractivity contribution in [3.8, 4) is 0 Å². The summed E-state index contributed by atoms with van der Waals surface area (Å²) in [5.41, 5.74) is 0.570. The Balaban J connectivity index is 2.19. The normalized spacial score (nSPS) is 10.3. The molecule has 1 heterocycles. The lowest BCUT2D eigenvalue weighted by molar-refractivity contribution is 0.935. The Morgan fingerprint density at radius 3 is 2.63 bits per heavy atom. The van der Waals surface area contributed by atoms with Gasteiger partial charge in [-0.15, -0.1) is 5.10 Å². The van der Waals surface area contributed by atoms with E-state index in [1.54, 1.807) is 24.4 Å². The van der Waals surface area contributed by atoms with Crippen LogP contribution in [-0.4, -0.2) is 21.7 Å². The molecule has 0 aliphatic heterocycles. The van der Waals surface area contributed by atoms with Gasteiger partial charge in [0.25, 0.3) is 0 Å². The molecule has 7 heteroatoms. The summed E-state index contributed by atoms with van der Waals surface area (Å²) in [6.07, 6.45) is 2.57. The van der Waals surface area contributed by atoms with Crippen molar-refractivity contribution in [2.24, 2.45) is 0 Å². The molecular formula is C12H13Cl2N5. The summed E-state index contributed by atoms with van der Waals surface area (Å²) in [5, 5.41) is 14.9. The van der Waals surface area contributed by atoms with E-state index in [2.05, 4.69) is 32.7 Å². The van der Waals surface area contributed by atoms with Gasteiger partial charge in [0.05, 0.1) is 21.9 Å². The third-order valence-electron chi connectivity index (χ3n) is 2.31. The van der Waals surface area contributed by atoms with Crippen LogP contribution < -0.4 is 10.6 Å². The molecule has 0 unspecified atom stereocenters. The summed E-state index contributed by atoms with van der Waals surface area (Å²) >= 11 is 12.1. The van der Waals surface area contributed by atoms with Crippen LogP contribution in [0, 0.1) is 0 Å². The highest BCUT2D eigenvalue weighted by atomic mass is 35.5. The molecule has 1 aromatic carbocycles. The van der Waals surface area contributed by atoms with Gasteiger partial charge in [0.2, 0.25) is 5.95 Å². The van der Waals surface area contributed by atoms with Crippen molar-refractivity contribution in [3.63, 3.8) is 0 Å². The molecule has 0 radical (unpaired) electrons. The van der Waals surface area contributed by atoms with Crippen LogP contribution in [0.4, 0.5) is 17.5 Å². The predicted molar refractivity (Wildman–Crippen MR) is 78.4 cm³/mol. The maximum Gasteiger partial charge on any atom is 0.249 e. The molecule has 0 amide bonds. The Bertz CT molecular complexity index is 541. The van der Waals surface area contributed by atoms with Crippen molar-refractivity contribution < 1.29 is 0 Å². The lowest BCUT2D eigenvalue weighted by Gasteiger charge is -2.09. The van der Waals surface area contributed by atoms with E-state index in [1.165, 1.54) is 0 Å². The second kappa shape index (κ2) is 6.54. The van der Waals surface area contributed by atoms with Gasteiger partial charge in [-0.2, -0.15) is 10.1 Å². The first-order chi connectivity index (χ1) is 9.20. The number of aromatic nitrogens is 3. The van der Waals surface area contributed by atoms with Crippen molar-refractivity contribution in [3.05, 3.63) is 34.4 Å². The SMILES string of the molecule is CCCNc1cnnc(Nc2c(Cl)cccc2Cl)n1. The van der Waals surface area contributed by atoms with Crippen LogP contribution in [0.25, 0.3) is 0 Å². The predicted octanol–water partition coefficient (Wildman–Crippen LogP) is 3.74. The van der Waals surface area contributed by atoms with Gasteiger partial charge in [0.15, 0.2) is 5.82 Å². The van der Waals surface area contributed by atoms with Crippen LogP contribution in [0.3, 0.4) is 0 Å². The third kappa shape index (κ3) is 3.68. The Hall–Kier alpha value is -1.59. The Labute approximate surface area is 121 Å². The highest BCUT2D eigenvalue weighted by molar-refractivity contribution is 6.39. The van der Waals surface area contributed by atoms with E-state index in [1.807, 2.05) is 0 Å². The van der Waals surface area contributed by atoms with Crippen molar-refractivity contribution in [1.82, 2.24) is 15.2 Å². The van der Waals surface area contributed by atoms with Crippen molar-refractivity contribution in [1.29, 1.82) is 0 Å². The molecule has 0 saturated heterocycles. The molecule has 2 aromatic rings. The Kier molecular flexibility index (Phi) is 4.76. The number of nitrogens with zero attached hydrogens (tertiary/aromatic N) is 3. The van der Waals surface area contributed by atoms with E-state index >= 15 is 0 Å². The summed E-state index contributed by atoms with van der Waals surface area (Å²) in [5.74, 6) is 0.999. The lowest BCUT2D eigenvalue weighted by Crippen LogP contribution is -2.06. The standard InChI is InChI=1S/C12H13Cl2N5/c1-2-6-15-10-7-16-19-12(17-10)18-11-8(13)4-3-5-9(11)14/h3-5,7H,2,6H2,1H3,(H2,15,17,18,19). The van der Waals surface area contributed by atoms with Gasteiger partial charge >= 0.3 is 0 Å². The second-order valence-electron chi connectivity index (χ2n) is 3.81. The topological polar surface area (TPSA) is 62.7 Å². The molecule has 1 aromatic heterocycles. The molecule has 0 spiro atoms. The fourth-order valence-electron chi connectivity index (χ4n) is 1.42. The highest BCUT2D eigenvalue weighted by Crippen LogP contribution is 2.31. The number of benzene rings is 1. The summed E-state index contributed by atoms with van der Waals surface area (Å²) < 4.78 is 0. The van der Waals surface area contributed by atoms with E-state index < -0.39 is 0 Å². The van der Waals surface area contributed by atoms with E-state index in [0.717, 1.165) is 13.0 Å². The highest BCUT2D eigenvalue weighted by Gasteiger charge is 2.08. The van der Waals surface area contributed by atoms with Crippen LogP contribution >= 0.6 is 23.2 Å². The minimum atomic E-state index is 0.344. The van der Waals surface area contributed by atoms with Crippen LogP contribution in [0.1, 0.15) is 13.3 Å². The average molecular weight is 298 g/mol. The smallest absolute Gasteiger partial charge is 0.249 e. The van der Waals surface area contributed by atoms with Crippen molar-refractivity contribution >= 4 is 40.7 Å². The zero-order valence-corrected chi connectivity index (χ0v) is 11.8. The fourth-order valence-corrected chi connectivity index (χ4v) is 1.92. The second-order valence-corrected chi connectivity index (χ2v) is 4.63. The molecule has 5 nitrogen and oxygen atoms in total. The number of nitrogens with one attached hydrogen (secondary N) is 2. The molecule has 0 aliphatic carbocycles. The summed E-state index contributed by atoms with van der Waals surface area (Å²) in [7, 11) is 0. The van der Waals surface area contributed by atoms with Gasteiger partial charge in [-0.05, 0) is 18.6 Å². The van der Waals surface area contributed by atoms with Gasteiger partial charge in [0.1, 0.15) is 0 Å².